The van der Waals surface area contributed by atoms with Crippen LogP contribution in [0.2, 0.25) is 0 Å². The van der Waals surface area contributed by atoms with Crippen LogP contribution in [0.15, 0.2) is 79.9 Å². The summed E-state index contributed by atoms with van der Waals surface area (Å²) in [5.41, 5.74) is -0.435. The molecule has 3 rings (SSSR count). The van der Waals surface area contributed by atoms with Gasteiger partial charge in [0.2, 0.25) is 0 Å². The van der Waals surface area contributed by atoms with Gasteiger partial charge in [0.1, 0.15) is 45.6 Å². The van der Waals surface area contributed by atoms with Crippen LogP contribution in [0.4, 0.5) is 0 Å². The van der Waals surface area contributed by atoms with E-state index in [9.17, 15) is 29.4 Å². The summed E-state index contributed by atoms with van der Waals surface area (Å²) in [4.78, 5) is 48.3. The Morgan fingerprint density at radius 1 is 0.650 bits per heavy atom. The summed E-state index contributed by atoms with van der Waals surface area (Å²) in [6.07, 6.45) is 1.91. The number of phenolic OH excluding ortho intramolecular Hbond substituents is 2. The quantitative estimate of drug-likeness (QED) is 0.224. The summed E-state index contributed by atoms with van der Waals surface area (Å²) >= 11 is 0. The number of rotatable bonds is 8. The van der Waals surface area contributed by atoms with Gasteiger partial charge in [0.05, 0.1) is 0 Å². The molecule has 0 aliphatic rings. The smallest absolute Gasteiger partial charge is 0.347 e. The van der Waals surface area contributed by atoms with Crippen LogP contribution in [0.3, 0.4) is 0 Å². The van der Waals surface area contributed by atoms with Crippen LogP contribution in [-0.2, 0) is 15.0 Å². The second kappa shape index (κ2) is 12.0. The highest BCUT2D eigenvalue weighted by Crippen LogP contribution is 2.36. The van der Waals surface area contributed by atoms with E-state index in [4.69, 9.17) is 18.9 Å². The second-order valence-electron chi connectivity index (χ2n) is 9.30. The van der Waals surface area contributed by atoms with Crippen molar-refractivity contribution in [1.82, 2.24) is 0 Å². The maximum absolute atomic E-state index is 12.8. The Morgan fingerprint density at radius 2 is 1.07 bits per heavy atom. The molecule has 0 amide bonds. The molecular formula is C30H26O10. The average Bonchev–Trinajstić information content (AvgIpc) is 2.88. The molecule has 0 saturated heterocycles. The zero-order valence-corrected chi connectivity index (χ0v) is 21.9. The van der Waals surface area contributed by atoms with Crippen molar-refractivity contribution in [2.24, 2.45) is 0 Å². The molecule has 0 spiro atoms. The van der Waals surface area contributed by atoms with Crippen LogP contribution >= 0.6 is 0 Å². The Labute approximate surface area is 229 Å². The molecule has 0 radical (unpaired) electrons. The fraction of sp³-hybridized carbons (Fsp3) is 0.133. The van der Waals surface area contributed by atoms with Gasteiger partial charge in [-0.15, -0.1) is 0 Å². The topological polar surface area (TPSA) is 146 Å². The summed E-state index contributed by atoms with van der Waals surface area (Å²) in [5, 5.41) is 20.5. The number of phenols is 2. The number of hydrogen-bond donors (Lipinski definition) is 2. The molecule has 10 nitrogen and oxygen atoms in total. The fourth-order valence-corrected chi connectivity index (χ4v) is 3.38. The number of carbonyl (C=O) groups is 4. The molecule has 0 bridgehead atoms. The third-order valence-corrected chi connectivity index (χ3v) is 5.32. The van der Waals surface area contributed by atoms with Gasteiger partial charge in [-0.25, -0.2) is 19.2 Å². The first-order valence-electron chi connectivity index (χ1n) is 11.8. The van der Waals surface area contributed by atoms with Gasteiger partial charge in [0, 0.05) is 29.8 Å². The molecule has 0 aliphatic heterocycles. The van der Waals surface area contributed by atoms with Gasteiger partial charge in [-0.2, -0.15) is 0 Å². The molecule has 0 atom stereocenters. The van der Waals surface area contributed by atoms with Crippen molar-refractivity contribution in [3.63, 3.8) is 0 Å². The van der Waals surface area contributed by atoms with Gasteiger partial charge in [-0.3, -0.25) is 0 Å². The van der Waals surface area contributed by atoms with Crippen molar-refractivity contribution >= 4 is 23.9 Å². The number of aromatic hydroxyl groups is 2. The zero-order valence-electron chi connectivity index (χ0n) is 21.9. The fourth-order valence-electron chi connectivity index (χ4n) is 3.38. The Balaban J connectivity index is 1.82. The summed E-state index contributed by atoms with van der Waals surface area (Å²) in [6.45, 7) is 12.1. The standard InChI is InChI=1S/C30H26O10/c1-6-26(33)37-18-8-11-20(23(31)15-18)28(35)39-17-10-13-25(22(14-17)30(3,4)5)40-29(36)21-12-9-19(16-24(21)32)38-27(34)7-2/h6-16,31-32H,1-2H2,3-5H3. The van der Waals surface area contributed by atoms with Crippen molar-refractivity contribution in [1.29, 1.82) is 0 Å². The molecule has 0 saturated carbocycles. The average molecular weight is 547 g/mol. The third kappa shape index (κ3) is 7.13. The van der Waals surface area contributed by atoms with E-state index in [0.717, 1.165) is 24.3 Å². The van der Waals surface area contributed by atoms with E-state index in [2.05, 4.69) is 13.2 Å². The molecule has 40 heavy (non-hydrogen) atoms. The number of esters is 4. The Kier molecular flexibility index (Phi) is 8.75. The van der Waals surface area contributed by atoms with E-state index in [1.54, 1.807) is 0 Å². The van der Waals surface area contributed by atoms with Gasteiger partial charge in [-0.05, 0) is 47.9 Å². The predicted octanol–water partition coefficient (Wildman–Crippen LogP) is 5.02. The van der Waals surface area contributed by atoms with Gasteiger partial charge in [0.15, 0.2) is 0 Å². The largest absolute Gasteiger partial charge is 0.507 e. The first kappa shape index (κ1) is 29.2. The van der Waals surface area contributed by atoms with Crippen molar-refractivity contribution in [2.75, 3.05) is 0 Å². The van der Waals surface area contributed by atoms with Gasteiger partial charge in [-0.1, -0.05) is 33.9 Å². The highest BCUT2D eigenvalue weighted by atomic mass is 16.5. The minimum absolute atomic E-state index is 0.0126. The number of benzene rings is 3. The summed E-state index contributed by atoms with van der Waals surface area (Å²) in [5.74, 6) is -3.88. The molecular weight excluding hydrogens is 520 g/mol. The normalized spacial score (nSPS) is 10.7. The minimum Gasteiger partial charge on any atom is -0.507 e. The lowest BCUT2D eigenvalue weighted by atomic mass is 9.86. The Hall–Kier alpha value is -5.38. The maximum atomic E-state index is 12.8. The molecule has 2 N–H and O–H groups in total. The molecule has 0 fully saturated rings. The van der Waals surface area contributed by atoms with E-state index < -0.39 is 40.8 Å². The Bertz CT molecular complexity index is 1510. The first-order valence-corrected chi connectivity index (χ1v) is 11.8. The molecule has 0 aliphatic carbocycles. The Morgan fingerprint density at radius 3 is 1.50 bits per heavy atom. The van der Waals surface area contributed by atoms with Gasteiger partial charge >= 0.3 is 23.9 Å². The first-order chi connectivity index (χ1) is 18.8. The van der Waals surface area contributed by atoms with Crippen molar-refractivity contribution in [2.45, 2.75) is 26.2 Å². The van der Waals surface area contributed by atoms with E-state index in [1.165, 1.54) is 42.5 Å². The number of carbonyl (C=O) groups excluding carboxylic acids is 4. The maximum Gasteiger partial charge on any atom is 0.347 e. The van der Waals surface area contributed by atoms with Crippen LogP contribution in [0.25, 0.3) is 0 Å². The van der Waals surface area contributed by atoms with Crippen LogP contribution in [0.1, 0.15) is 47.1 Å². The van der Waals surface area contributed by atoms with Crippen LogP contribution < -0.4 is 18.9 Å². The zero-order chi connectivity index (χ0) is 29.6. The van der Waals surface area contributed by atoms with Gasteiger partial charge < -0.3 is 29.2 Å². The molecule has 3 aromatic carbocycles. The lowest BCUT2D eigenvalue weighted by molar-refractivity contribution is -0.129. The predicted molar refractivity (Wildman–Crippen MR) is 143 cm³/mol. The molecule has 0 aromatic heterocycles. The number of hydrogen-bond acceptors (Lipinski definition) is 10. The highest BCUT2D eigenvalue weighted by molar-refractivity contribution is 5.95. The van der Waals surface area contributed by atoms with Crippen molar-refractivity contribution in [3.8, 4) is 34.5 Å². The number of ether oxygens (including phenoxy) is 4. The van der Waals surface area contributed by atoms with E-state index in [1.807, 2.05) is 20.8 Å². The van der Waals surface area contributed by atoms with E-state index in [0.29, 0.717) is 5.56 Å². The van der Waals surface area contributed by atoms with Crippen molar-refractivity contribution < 1.29 is 48.3 Å². The van der Waals surface area contributed by atoms with Crippen molar-refractivity contribution in [3.05, 3.63) is 96.6 Å². The third-order valence-electron chi connectivity index (χ3n) is 5.32. The van der Waals surface area contributed by atoms with Crippen LogP contribution in [0, 0.1) is 0 Å². The highest BCUT2D eigenvalue weighted by Gasteiger charge is 2.24. The monoisotopic (exact) mass is 546 g/mol. The molecule has 206 valence electrons. The van der Waals surface area contributed by atoms with Crippen LogP contribution in [-0.4, -0.2) is 34.1 Å². The van der Waals surface area contributed by atoms with E-state index in [-0.39, 0.29) is 34.1 Å². The summed E-state index contributed by atoms with van der Waals surface area (Å²) in [6, 6.07) is 11.6. The van der Waals surface area contributed by atoms with Crippen LogP contribution in [0.5, 0.6) is 34.5 Å². The minimum atomic E-state index is -0.883. The SMILES string of the molecule is C=CC(=O)Oc1ccc(C(=O)Oc2ccc(OC(=O)c3ccc(OC(=O)C=C)cc3O)c(C(C)(C)C)c2)c(O)c1. The second-order valence-corrected chi connectivity index (χ2v) is 9.30. The molecule has 0 heterocycles. The summed E-state index contributed by atoms with van der Waals surface area (Å²) in [7, 11) is 0. The molecule has 10 heteroatoms. The lowest BCUT2D eigenvalue weighted by Crippen LogP contribution is -2.17. The molecule has 0 unspecified atom stereocenters. The van der Waals surface area contributed by atoms with Gasteiger partial charge in [0.25, 0.3) is 0 Å². The lowest BCUT2D eigenvalue weighted by Gasteiger charge is -2.23. The molecule has 3 aromatic rings. The summed E-state index contributed by atoms with van der Waals surface area (Å²) < 4.78 is 20.8. The van der Waals surface area contributed by atoms with E-state index >= 15 is 0 Å².